The second-order valence-corrected chi connectivity index (χ2v) is 7.37. The SMILES string of the molecule is CN(CC1OCCO1)C(=O)c1ccc(-c2cnc3c(-c4ccccn4)c(N)nn3c2)nc1. The predicted octanol–water partition coefficient (Wildman–Crippen LogP) is 1.88. The minimum Gasteiger partial charge on any atom is -0.382 e. The molecule has 32 heavy (non-hydrogen) atoms. The summed E-state index contributed by atoms with van der Waals surface area (Å²) in [4.78, 5) is 27.5. The van der Waals surface area contributed by atoms with Crippen molar-refractivity contribution < 1.29 is 14.3 Å². The molecule has 4 aromatic heterocycles. The van der Waals surface area contributed by atoms with E-state index in [1.807, 2.05) is 18.2 Å². The Morgan fingerprint density at radius 3 is 2.69 bits per heavy atom. The van der Waals surface area contributed by atoms with Crippen LogP contribution in [0.4, 0.5) is 5.82 Å². The van der Waals surface area contributed by atoms with E-state index in [1.165, 1.54) is 0 Å². The van der Waals surface area contributed by atoms with E-state index in [2.05, 4.69) is 20.1 Å². The molecule has 1 fully saturated rings. The second kappa shape index (κ2) is 8.33. The molecule has 5 heterocycles. The number of pyridine rings is 2. The molecule has 0 saturated carbocycles. The van der Waals surface area contributed by atoms with Crippen LogP contribution in [0.5, 0.6) is 0 Å². The summed E-state index contributed by atoms with van der Waals surface area (Å²) < 4.78 is 12.4. The second-order valence-electron chi connectivity index (χ2n) is 7.37. The Hall–Kier alpha value is -3.89. The van der Waals surface area contributed by atoms with E-state index < -0.39 is 0 Å². The minimum absolute atomic E-state index is 0.156. The van der Waals surface area contributed by atoms with Crippen LogP contribution >= 0.6 is 0 Å². The van der Waals surface area contributed by atoms with Gasteiger partial charge in [-0.3, -0.25) is 14.8 Å². The maximum atomic E-state index is 12.7. The first kappa shape index (κ1) is 20.0. The number of anilines is 1. The van der Waals surface area contributed by atoms with Crippen LogP contribution < -0.4 is 5.73 Å². The van der Waals surface area contributed by atoms with Crippen molar-refractivity contribution in [3.8, 4) is 22.5 Å². The number of aromatic nitrogens is 5. The van der Waals surface area contributed by atoms with Gasteiger partial charge in [0.05, 0.1) is 42.3 Å². The van der Waals surface area contributed by atoms with E-state index in [0.717, 1.165) is 5.56 Å². The van der Waals surface area contributed by atoms with E-state index >= 15 is 0 Å². The number of hydrogen-bond acceptors (Lipinski definition) is 8. The van der Waals surface area contributed by atoms with Crippen LogP contribution in [0, 0.1) is 0 Å². The quantitative estimate of drug-likeness (QED) is 0.508. The van der Waals surface area contributed by atoms with Crippen molar-refractivity contribution in [1.82, 2.24) is 29.5 Å². The van der Waals surface area contributed by atoms with Gasteiger partial charge in [-0.1, -0.05) is 6.07 Å². The van der Waals surface area contributed by atoms with Gasteiger partial charge in [0.15, 0.2) is 17.8 Å². The number of rotatable bonds is 5. The lowest BCUT2D eigenvalue weighted by Crippen LogP contribution is -2.34. The molecule has 0 atom stereocenters. The van der Waals surface area contributed by atoms with Gasteiger partial charge in [-0.15, -0.1) is 5.10 Å². The van der Waals surface area contributed by atoms with Crippen LogP contribution in [0.2, 0.25) is 0 Å². The largest absolute Gasteiger partial charge is 0.382 e. The van der Waals surface area contributed by atoms with Gasteiger partial charge in [0.1, 0.15) is 0 Å². The lowest BCUT2D eigenvalue weighted by atomic mass is 10.1. The molecular formula is C22H21N7O3. The van der Waals surface area contributed by atoms with Crippen LogP contribution in [0.3, 0.4) is 0 Å². The normalized spacial score (nSPS) is 14.2. The molecule has 0 aromatic carbocycles. The average molecular weight is 431 g/mol. The summed E-state index contributed by atoms with van der Waals surface area (Å²) in [6, 6.07) is 9.10. The molecule has 10 nitrogen and oxygen atoms in total. The van der Waals surface area contributed by atoms with Gasteiger partial charge in [-0.05, 0) is 24.3 Å². The van der Waals surface area contributed by atoms with Gasteiger partial charge in [0.25, 0.3) is 5.91 Å². The van der Waals surface area contributed by atoms with E-state index in [0.29, 0.717) is 53.7 Å². The highest BCUT2D eigenvalue weighted by Gasteiger charge is 2.22. The van der Waals surface area contributed by atoms with Crippen molar-refractivity contribution in [2.75, 3.05) is 32.5 Å². The molecule has 0 bridgehead atoms. The van der Waals surface area contributed by atoms with Gasteiger partial charge >= 0.3 is 0 Å². The third kappa shape index (κ3) is 3.77. The van der Waals surface area contributed by atoms with Gasteiger partial charge in [-0.2, -0.15) is 0 Å². The van der Waals surface area contributed by atoms with Crippen molar-refractivity contribution in [2.45, 2.75) is 6.29 Å². The van der Waals surface area contributed by atoms with Crippen LogP contribution in [-0.4, -0.2) is 68.5 Å². The molecule has 162 valence electrons. The van der Waals surface area contributed by atoms with Gasteiger partial charge in [0.2, 0.25) is 0 Å². The first-order valence-corrected chi connectivity index (χ1v) is 10.1. The van der Waals surface area contributed by atoms with E-state index in [1.54, 1.807) is 53.4 Å². The van der Waals surface area contributed by atoms with Crippen molar-refractivity contribution >= 4 is 17.4 Å². The molecule has 5 rings (SSSR count). The highest BCUT2D eigenvalue weighted by molar-refractivity contribution is 5.94. The van der Waals surface area contributed by atoms with Crippen molar-refractivity contribution in [3.05, 3.63) is 60.7 Å². The number of ether oxygens (including phenoxy) is 2. The summed E-state index contributed by atoms with van der Waals surface area (Å²) in [6.07, 6.45) is 6.37. The number of nitrogens with zero attached hydrogens (tertiary/aromatic N) is 6. The molecule has 0 aliphatic carbocycles. The first-order chi connectivity index (χ1) is 15.6. The minimum atomic E-state index is -0.383. The number of nitrogen functional groups attached to an aromatic ring is 1. The Morgan fingerprint density at radius 2 is 1.97 bits per heavy atom. The summed E-state index contributed by atoms with van der Waals surface area (Å²) in [5, 5.41) is 4.37. The van der Waals surface area contributed by atoms with Crippen LogP contribution in [0.1, 0.15) is 10.4 Å². The van der Waals surface area contributed by atoms with Crippen LogP contribution in [0.15, 0.2) is 55.1 Å². The predicted molar refractivity (Wildman–Crippen MR) is 117 cm³/mol. The molecule has 4 aromatic rings. The first-order valence-electron chi connectivity index (χ1n) is 10.1. The zero-order valence-corrected chi connectivity index (χ0v) is 17.4. The third-order valence-electron chi connectivity index (χ3n) is 5.19. The van der Waals surface area contributed by atoms with E-state index in [4.69, 9.17) is 15.2 Å². The van der Waals surface area contributed by atoms with Crippen molar-refractivity contribution in [1.29, 1.82) is 0 Å². The Labute approximate surface area is 183 Å². The topological polar surface area (TPSA) is 121 Å². The highest BCUT2D eigenvalue weighted by atomic mass is 16.7. The van der Waals surface area contributed by atoms with Crippen molar-refractivity contribution in [3.63, 3.8) is 0 Å². The molecule has 1 saturated heterocycles. The standard InChI is InChI=1S/C22H21N7O3/c1-28(13-18-31-8-9-32-18)22(30)14-5-6-16(25-10-14)15-11-26-21-19(17-4-2-3-7-24-17)20(23)27-29(21)12-15/h2-7,10-12,18H,8-9,13H2,1H3,(H2,23,27). The smallest absolute Gasteiger partial charge is 0.255 e. The maximum absolute atomic E-state index is 12.7. The Kier molecular flexibility index (Phi) is 5.21. The number of hydrogen-bond donors (Lipinski definition) is 1. The number of nitrogens with two attached hydrogens (primary N) is 1. The Balaban J connectivity index is 1.38. The van der Waals surface area contributed by atoms with Crippen LogP contribution in [-0.2, 0) is 9.47 Å². The van der Waals surface area contributed by atoms with Gasteiger partial charge < -0.3 is 20.1 Å². The maximum Gasteiger partial charge on any atom is 0.255 e. The summed E-state index contributed by atoms with van der Waals surface area (Å²) in [5.41, 5.74) is 10.0. The number of carbonyl (C=O) groups is 1. The molecule has 0 spiro atoms. The number of amides is 1. The van der Waals surface area contributed by atoms with Gasteiger partial charge in [-0.25, -0.2) is 9.50 Å². The fraction of sp³-hybridized carbons (Fsp3) is 0.227. The molecule has 10 heteroatoms. The fourth-order valence-corrected chi connectivity index (χ4v) is 3.57. The highest BCUT2D eigenvalue weighted by Crippen LogP contribution is 2.28. The summed E-state index contributed by atoms with van der Waals surface area (Å²) in [6.45, 7) is 1.46. The van der Waals surface area contributed by atoms with E-state index in [9.17, 15) is 4.79 Å². The number of carbonyl (C=O) groups excluding carboxylic acids is 1. The summed E-state index contributed by atoms with van der Waals surface area (Å²) >= 11 is 0. The number of fused-ring (bicyclic) bond motifs is 1. The van der Waals surface area contributed by atoms with Gasteiger partial charge in [0, 0.05) is 37.4 Å². The molecule has 2 N–H and O–H groups in total. The molecule has 0 unspecified atom stereocenters. The number of likely N-dealkylation sites (N-methyl/N-ethyl adjacent to an activating group) is 1. The zero-order chi connectivity index (χ0) is 22.1. The molecule has 1 amide bonds. The third-order valence-corrected chi connectivity index (χ3v) is 5.19. The molecule has 1 aliphatic heterocycles. The molecular weight excluding hydrogens is 410 g/mol. The molecule has 0 radical (unpaired) electrons. The monoisotopic (exact) mass is 431 g/mol. The zero-order valence-electron chi connectivity index (χ0n) is 17.4. The van der Waals surface area contributed by atoms with Crippen LogP contribution in [0.25, 0.3) is 28.2 Å². The Morgan fingerprint density at radius 1 is 1.12 bits per heavy atom. The average Bonchev–Trinajstić information content (AvgIpc) is 3.45. The lowest BCUT2D eigenvalue weighted by Gasteiger charge is -2.20. The van der Waals surface area contributed by atoms with Crippen molar-refractivity contribution in [2.24, 2.45) is 0 Å². The summed E-state index contributed by atoms with van der Waals surface area (Å²) in [7, 11) is 1.71. The Bertz CT molecular complexity index is 1250. The lowest BCUT2D eigenvalue weighted by molar-refractivity contribution is -0.0543. The fourth-order valence-electron chi connectivity index (χ4n) is 3.57. The molecule has 1 aliphatic rings. The summed E-state index contributed by atoms with van der Waals surface area (Å²) in [5.74, 6) is 0.192. The van der Waals surface area contributed by atoms with E-state index in [-0.39, 0.29) is 12.2 Å².